The third kappa shape index (κ3) is 7.98. The molecule has 2 unspecified atom stereocenters. The minimum Gasteiger partial charge on any atom is -0.457 e. The first-order valence-electron chi connectivity index (χ1n) is 12.6. The Labute approximate surface area is 219 Å². The maximum absolute atomic E-state index is 14.3. The summed E-state index contributed by atoms with van der Waals surface area (Å²) in [6, 6.07) is 13.0. The van der Waals surface area contributed by atoms with Gasteiger partial charge in [-0.3, -0.25) is 0 Å². The van der Waals surface area contributed by atoms with Gasteiger partial charge in [0.05, 0.1) is 12.6 Å². The topological polar surface area (TPSA) is 111 Å². The van der Waals surface area contributed by atoms with E-state index in [1.165, 1.54) is 11.6 Å². The van der Waals surface area contributed by atoms with E-state index in [9.17, 15) is 17.9 Å². The zero-order valence-electron chi connectivity index (χ0n) is 21.7. The highest BCUT2D eigenvalue weighted by molar-refractivity contribution is 7.90. The van der Waals surface area contributed by atoms with E-state index in [2.05, 4.69) is 14.6 Å². The number of aryl methyl sites for hydroxylation is 1. The second kappa shape index (κ2) is 12.8. The van der Waals surface area contributed by atoms with Crippen LogP contribution in [0.5, 0.6) is 0 Å². The minimum atomic E-state index is -3.86. The second-order valence-electron chi connectivity index (χ2n) is 9.98. The molecule has 1 saturated heterocycles. The van der Waals surface area contributed by atoms with Crippen LogP contribution in [-0.4, -0.2) is 73.8 Å². The van der Waals surface area contributed by atoms with Gasteiger partial charge in [-0.25, -0.2) is 22.5 Å². The van der Waals surface area contributed by atoms with E-state index in [0.717, 1.165) is 24.9 Å². The molecule has 0 spiro atoms. The number of aliphatic hydroxyl groups excluding tert-OH is 2. The van der Waals surface area contributed by atoms with Crippen LogP contribution in [0.2, 0.25) is 0 Å². The second-order valence-corrected chi connectivity index (χ2v) is 11.8. The van der Waals surface area contributed by atoms with Crippen molar-refractivity contribution in [3.05, 3.63) is 71.0 Å². The maximum atomic E-state index is 14.3. The van der Waals surface area contributed by atoms with Crippen molar-refractivity contribution in [3.8, 4) is 0 Å². The molecule has 1 heterocycles. The van der Waals surface area contributed by atoms with E-state index in [1.54, 1.807) is 32.0 Å². The van der Waals surface area contributed by atoms with Gasteiger partial charge in [-0.1, -0.05) is 42.5 Å². The number of likely N-dealkylation sites (N-methyl/N-ethyl adjacent to an activating group) is 1. The van der Waals surface area contributed by atoms with Gasteiger partial charge in [-0.2, -0.15) is 0 Å². The monoisotopic (exact) mass is 535 g/mol. The number of amidine groups is 1. The van der Waals surface area contributed by atoms with Crippen LogP contribution < -0.4 is 4.72 Å². The van der Waals surface area contributed by atoms with Crippen molar-refractivity contribution >= 4 is 16.0 Å². The highest BCUT2D eigenvalue weighted by atomic mass is 32.2. The van der Waals surface area contributed by atoms with Crippen molar-refractivity contribution in [2.24, 2.45) is 4.99 Å². The lowest BCUT2D eigenvalue weighted by molar-refractivity contribution is 0.0759. The zero-order chi connectivity index (χ0) is 27.1. The number of nitrogens with one attached hydrogen (secondary N) is 1. The van der Waals surface area contributed by atoms with Crippen LogP contribution in [0.1, 0.15) is 49.4 Å². The van der Waals surface area contributed by atoms with Crippen LogP contribution in [0, 0.1) is 5.82 Å². The molecule has 0 aliphatic carbocycles. The summed E-state index contributed by atoms with van der Waals surface area (Å²) in [6.45, 7) is 4.84. The van der Waals surface area contributed by atoms with Gasteiger partial charge < -0.3 is 19.8 Å². The fraction of sp³-hybridized carbons (Fsp3) is 0.519. The predicted molar refractivity (Wildman–Crippen MR) is 142 cm³/mol. The number of aliphatic imine (C=N–C) groups is 1. The summed E-state index contributed by atoms with van der Waals surface area (Å²) in [6.07, 6.45) is 2.22. The van der Waals surface area contributed by atoms with E-state index in [4.69, 9.17) is 9.84 Å². The molecule has 0 saturated carbocycles. The van der Waals surface area contributed by atoms with E-state index in [-0.39, 0.29) is 37.6 Å². The quantitative estimate of drug-likeness (QED) is 0.386. The van der Waals surface area contributed by atoms with Gasteiger partial charge in [-0.15, -0.1) is 0 Å². The van der Waals surface area contributed by atoms with E-state index >= 15 is 0 Å². The molecule has 3 N–H and O–H groups in total. The number of nitrogens with zero attached hydrogens (tertiary/aromatic N) is 2. The number of benzene rings is 2. The Balaban J connectivity index is 1.71. The third-order valence-electron chi connectivity index (χ3n) is 6.61. The number of rotatable bonds is 12. The molecule has 37 heavy (non-hydrogen) atoms. The Morgan fingerprint density at radius 2 is 1.76 bits per heavy atom. The van der Waals surface area contributed by atoms with Crippen LogP contribution in [0.4, 0.5) is 4.39 Å². The number of hydrogen-bond donors (Lipinski definition) is 3. The van der Waals surface area contributed by atoms with Crippen LogP contribution in [0.25, 0.3) is 0 Å². The molecule has 1 aliphatic heterocycles. The maximum Gasteiger partial charge on any atom is 0.299 e. The predicted octanol–water partition coefficient (Wildman–Crippen LogP) is 2.80. The van der Waals surface area contributed by atoms with Crippen molar-refractivity contribution in [2.75, 3.05) is 33.4 Å². The smallest absolute Gasteiger partial charge is 0.299 e. The lowest BCUT2D eigenvalue weighted by Crippen LogP contribution is -2.59. The molecule has 2 aromatic carbocycles. The van der Waals surface area contributed by atoms with E-state index in [0.29, 0.717) is 6.54 Å². The van der Waals surface area contributed by atoms with Crippen molar-refractivity contribution in [3.63, 3.8) is 0 Å². The Morgan fingerprint density at radius 1 is 1.08 bits per heavy atom. The Morgan fingerprint density at radius 3 is 2.38 bits per heavy atom. The molecule has 1 fully saturated rings. The first kappa shape index (κ1) is 29.0. The van der Waals surface area contributed by atoms with Gasteiger partial charge in [0.25, 0.3) is 6.02 Å². The molecule has 8 nitrogen and oxygen atoms in total. The lowest BCUT2D eigenvalue weighted by atomic mass is 9.96. The molecule has 10 heteroatoms. The number of hydrogen-bond acceptors (Lipinski definition) is 7. The summed E-state index contributed by atoms with van der Waals surface area (Å²) in [4.78, 5) is 6.42. The average Bonchev–Trinajstić information content (AvgIpc) is 2.82. The van der Waals surface area contributed by atoms with Gasteiger partial charge in [-0.05, 0) is 70.3 Å². The fourth-order valence-corrected chi connectivity index (χ4v) is 6.19. The summed E-state index contributed by atoms with van der Waals surface area (Å²) in [5.41, 5.74) is 1.20. The summed E-state index contributed by atoms with van der Waals surface area (Å²) in [5.74, 6) is -0.485. The number of ether oxygens (including phenoxy) is 1. The van der Waals surface area contributed by atoms with E-state index < -0.39 is 32.7 Å². The molecular formula is C27H38FN3O5S. The van der Waals surface area contributed by atoms with Gasteiger partial charge in [0.2, 0.25) is 10.0 Å². The number of sulfonamides is 1. The summed E-state index contributed by atoms with van der Waals surface area (Å²) in [7, 11) is -1.88. The largest absolute Gasteiger partial charge is 0.457 e. The summed E-state index contributed by atoms with van der Waals surface area (Å²) in [5, 5.41) is 17.6. The molecule has 2 atom stereocenters. The number of halogens is 1. The molecule has 0 bridgehead atoms. The van der Waals surface area contributed by atoms with Gasteiger partial charge in [0.1, 0.15) is 16.7 Å². The first-order valence-corrected chi connectivity index (χ1v) is 14.1. The van der Waals surface area contributed by atoms with Gasteiger partial charge in [0, 0.05) is 18.7 Å². The standard InChI is InChI=1S/C27H38FN3O5S/c1-27(2)25(19-21-12-10-20(11-13-21)7-6-15-31(3)16-18-33)37(34,35)30-26(36-27)29-24(14-17-32)22-8-4-5-9-23(22)28/h4-5,8-13,24-25,32-33H,6-7,14-19H2,1-3H3,(H,29,30). The van der Waals surface area contributed by atoms with Crippen molar-refractivity contribution < 1.29 is 27.8 Å². The molecule has 3 rings (SSSR count). The third-order valence-corrected chi connectivity index (χ3v) is 8.55. The Kier molecular flexibility index (Phi) is 10.1. The van der Waals surface area contributed by atoms with E-state index in [1.807, 2.05) is 31.3 Å². The molecule has 204 valence electrons. The summed E-state index contributed by atoms with van der Waals surface area (Å²) >= 11 is 0. The Bertz CT molecular complexity index is 1150. The van der Waals surface area contributed by atoms with Crippen LogP contribution >= 0.6 is 0 Å². The fourth-order valence-electron chi connectivity index (χ4n) is 4.50. The average molecular weight is 536 g/mol. The van der Waals surface area contributed by atoms with Crippen molar-refractivity contribution in [2.45, 2.75) is 56.4 Å². The summed E-state index contributed by atoms with van der Waals surface area (Å²) < 4.78 is 49.3. The normalized spacial score (nSPS) is 20.4. The molecular weight excluding hydrogens is 497 g/mol. The van der Waals surface area contributed by atoms with Gasteiger partial charge >= 0.3 is 0 Å². The molecule has 0 radical (unpaired) electrons. The molecule has 0 amide bonds. The molecule has 2 aromatic rings. The Hall–Kier alpha value is -2.53. The zero-order valence-corrected chi connectivity index (χ0v) is 22.5. The first-order chi connectivity index (χ1) is 17.6. The van der Waals surface area contributed by atoms with Crippen molar-refractivity contribution in [1.29, 1.82) is 0 Å². The molecule has 1 aliphatic rings. The van der Waals surface area contributed by atoms with Crippen LogP contribution in [-0.2, 0) is 27.6 Å². The number of aliphatic hydroxyl groups is 2. The van der Waals surface area contributed by atoms with Crippen LogP contribution in [0.15, 0.2) is 53.5 Å². The highest BCUT2D eigenvalue weighted by Gasteiger charge is 2.47. The van der Waals surface area contributed by atoms with Crippen LogP contribution in [0.3, 0.4) is 0 Å². The molecule has 0 aromatic heterocycles. The van der Waals surface area contributed by atoms with Gasteiger partial charge in [0.15, 0.2) is 0 Å². The highest BCUT2D eigenvalue weighted by Crippen LogP contribution is 2.31. The lowest BCUT2D eigenvalue weighted by Gasteiger charge is -2.39. The SMILES string of the molecule is CN(CCO)CCCc1ccc(CC2C(C)(C)OC(=NC(CCO)c3ccccc3F)NS2(=O)=O)cc1. The van der Waals surface area contributed by atoms with Crippen molar-refractivity contribution in [1.82, 2.24) is 9.62 Å². The minimum absolute atomic E-state index is 0.115.